The SMILES string of the molecule is NC1CCC(CNc2ncc(I)cn2)CC1. The Bertz CT molecular complexity index is 319. The zero-order chi connectivity index (χ0) is 11.4. The molecule has 0 spiro atoms. The van der Waals surface area contributed by atoms with Crippen LogP contribution in [0.5, 0.6) is 0 Å². The first-order valence-electron chi connectivity index (χ1n) is 5.71. The Kier molecular flexibility index (Phi) is 4.34. The monoisotopic (exact) mass is 332 g/mol. The van der Waals surface area contributed by atoms with E-state index in [9.17, 15) is 0 Å². The molecule has 0 saturated heterocycles. The fourth-order valence-electron chi connectivity index (χ4n) is 2.03. The summed E-state index contributed by atoms with van der Waals surface area (Å²) in [7, 11) is 0. The Morgan fingerprint density at radius 2 is 1.88 bits per heavy atom. The molecule has 1 aromatic heterocycles. The Balaban J connectivity index is 1.77. The molecule has 0 amide bonds. The molecule has 0 atom stereocenters. The number of nitrogens with one attached hydrogen (secondary N) is 1. The summed E-state index contributed by atoms with van der Waals surface area (Å²) in [6.45, 7) is 0.966. The van der Waals surface area contributed by atoms with Gasteiger partial charge >= 0.3 is 0 Å². The summed E-state index contributed by atoms with van der Waals surface area (Å²) in [5, 5.41) is 3.29. The lowest BCUT2D eigenvalue weighted by Crippen LogP contribution is -2.29. The number of hydrogen-bond acceptors (Lipinski definition) is 4. The van der Waals surface area contributed by atoms with Crippen molar-refractivity contribution >= 4 is 28.5 Å². The molecule has 1 heterocycles. The first kappa shape index (κ1) is 12.0. The smallest absolute Gasteiger partial charge is 0.222 e. The first-order chi connectivity index (χ1) is 7.74. The molecule has 1 fully saturated rings. The molecule has 5 heteroatoms. The summed E-state index contributed by atoms with van der Waals surface area (Å²) in [5.74, 6) is 1.46. The molecule has 2 rings (SSSR count). The Hall–Kier alpha value is -0.430. The number of nitrogens with two attached hydrogens (primary N) is 1. The Morgan fingerprint density at radius 1 is 1.25 bits per heavy atom. The van der Waals surface area contributed by atoms with Gasteiger partial charge in [-0.1, -0.05) is 0 Å². The van der Waals surface area contributed by atoms with Crippen molar-refractivity contribution in [2.45, 2.75) is 31.7 Å². The van der Waals surface area contributed by atoms with Gasteiger partial charge in [-0.2, -0.15) is 0 Å². The van der Waals surface area contributed by atoms with Crippen LogP contribution in [0.15, 0.2) is 12.4 Å². The van der Waals surface area contributed by atoms with Gasteiger partial charge in [0, 0.05) is 28.6 Å². The van der Waals surface area contributed by atoms with Crippen molar-refractivity contribution in [3.8, 4) is 0 Å². The van der Waals surface area contributed by atoms with E-state index in [1.165, 1.54) is 12.8 Å². The van der Waals surface area contributed by atoms with Crippen molar-refractivity contribution in [1.29, 1.82) is 0 Å². The highest BCUT2D eigenvalue weighted by molar-refractivity contribution is 14.1. The molecule has 16 heavy (non-hydrogen) atoms. The van der Waals surface area contributed by atoms with Crippen molar-refractivity contribution in [3.05, 3.63) is 16.0 Å². The van der Waals surface area contributed by atoms with Gasteiger partial charge < -0.3 is 11.1 Å². The van der Waals surface area contributed by atoms with E-state index in [-0.39, 0.29) is 0 Å². The van der Waals surface area contributed by atoms with Gasteiger partial charge in [0.2, 0.25) is 5.95 Å². The van der Waals surface area contributed by atoms with Crippen LogP contribution in [0.25, 0.3) is 0 Å². The third-order valence-electron chi connectivity index (χ3n) is 3.06. The maximum absolute atomic E-state index is 5.87. The lowest BCUT2D eigenvalue weighted by Gasteiger charge is -2.26. The van der Waals surface area contributed by atoms with Crippen molar-refractivity contribution in [2.24, 2.45) is 11.7 Å². The van der Waals surface area contributed by atoms with E-state index in [2.05, 4.69) is 37.9 Å². The van der Waals surface area contributed by atoms with Crippen molar-refractivity contribution in [3.63, 3.8) is 0 Å². The van der Waals surface area contributed by atoms with Crippen molar-refractivity contribution in [1.82, 2.24) is 9.97 Å². The summed E-state index contributed by atoms with van der Waals surface area (Å²) in [5.41, 5.74) is 5.87. The topological polar surface area (TPSA) is 63.8 Å². The zero-order valence-electron chi connectivity index (χ0n) is 9.19. The Labute approximate surface area is 110 Å². The molecule has 1 aliphatic rings. The molecule has 0 aromatic carbocycles. The van der Waals surface area contributed by atoms with Crippen LogP contribution in [-0.4, -0.2) is 22.6 Å². The van der Waals surface area contributed by atoms with Gasteiger partial charge in [-0.3, -0.25) is 0 Å². The van der Waals surface area contributed by atoms with Gasteiger partial charge in [0.05, 0.1) is 0 Å². The highest BCUT2D eigenvalue weighted by Gasteiger charge is 2.18. The summed E-state index contributed by atoms with van der Waals surface area (Å²) >= 11 is 2.20. The maximum Gasteiger partial charge on any atom is 0.222 e. The van der Waals surface area contributed by atoms with Crippen LogP contribution in [0.2, 0.25) is 0 Å². The highest BCUT2D eigenvalue weighted by atomic mass is 127. The molecule has 3 N–H and O–H groups in total. The fraction of sp³-hybridized carbons (Fsp3) is 0.636. The first-order valence-corrected chi connectivity index (χ1v) is 6.79. The normalized spacial score (nSPS) is 25.4. The third kappa shape index (κ3) is 3.55. The predicted molar refractivity (Wildman–Crippen MR) is 73.2 cm³/mol. The van der Waals surface area contributed by atoms with Crippen LogP contribution in [0.4, 0.5) is 5.95 Å². The molecular weight excluding hydrogens is 315 g/mol. The summed E-state index contributed by atoms with van der Waals surface area (Å²) in [4.78, 5) is 8.45. The van der Waals surface area contributed by atoms with Crippen LogP contribution in [0.1, 0.15) is 25.7 Å². The van der Waals surface area contributed by atoms with Gasteiger partial charge in [-0.15, -0.1) is 0 Å². The predicted octanol–water partition coefficient (Wildman–Crippen LogP) is 2.01. The number of halogens is 1. The number of nitrogens with zero attached hydrogens (tertiary/aromatic N) is 2. The molecule has 4 nitrogen and oxygen atoms in total. The van der Waals surface area contributed by atoms with Crippen LogP contribution in [-0.2, 0) is 0 Å². The number of hydrogen-bond donors (Lipinski definition) is 2. The minimum atomic E-state index is 0.422. The Morgan fingerprint density at radius 3 is 2.50 bits per heavy atom. The average molecular weight is 332 g/mol. The van der Waals surface area contributed by atoms with Crippen LogP contribution >= 0.6 is 22.6 Å². The molecule has 0 bridgehead atoms. The highest BCUT2D eigenvalue weighted by Crippen LogP contribution is 2.23. The maximum atomic E-state index is 5.87. The molecule has 0 unspecified atom stereocenters. The van der Waals surface area contributed by atoms with Crippen LogP contribution < -0.4 is 11.1 Å². The van der Waals surface area contributed by atoms with Gasteiger partial charge in [0.15, 0.2) is 0 Å². The minimum absolute atomic E-state index is 0.422. The van der Waals surface area contributed by atoms with E-state index in [1.54, 1.807) is 0 Å². The lowest BCUT2D eigenvalue weighted by atomic mass is 9.86. The lowest BCUT2D eigenvalue weighted by molar-refractivity contribution is 0.338. The van der Waals surface area contributed by atoms with Crippen LogP contribution in [0.3, 0.4) is 0 Å². The molecule has 0 radical (unpaired) electrons. The van der Waals surface area contributed by atoms with Gasteiger partial charge in [-0.25, -0.2) is 9.97 Å². The quantitative estimate of drug-likeness (QED) is 0.831. The second-order valence-corrected chi connectivity index (χ2v) is 5.63. The van der Waals surface area contributed by atoms with E-state index in [4.69, 9.17) is 5.73 Å². The molecular formula is C11H17IN4. The zero-order valence-corrected chi connectivity index (χ0v) is 11.4. The largest absolute Gasteiger partial charge is 0.354 e. The van der Waals surface area contributed by atoms with E-state index in [1.807, 2.05) is 12.4 Å². The molecule has 1 aromatic rings. The molecule has 0 aliphatic heterocycles. The van der Waals surface area contributed by atoms with Crippen molar-refractivity contribution < 1.29 is 0 Å². The fourth-order valence-corrected chi connectivity index (χ4v) is 2.31. The van der Waals surface area contributed by atoms with Crippen LogP contribution in [0, 0.1) is 9.49 Å². The number of aromatic nitrogens is 2. The summed E-state index contributed by atoms with van der Waals surface area (Å²) in [6.07, 6.45) is 8.40. The van der Waals surface area contributed by atoms with Gasteiger partial charge in [-0.05, 0) is 54.2 Å². The van der Waals surface area contributed by atoms with E-state index in [0.717, 1.165) is 34.8 Å². The minimum Gasteiger partial charge on any atom is -0.354 e. The second kappa shape index (κ2) is 5.77. The standard InChI is InChI=1S/C11H17IN4/c12-9-6-15-11(16-7-9)14-5-8-1-3-10(13)4-2-8/h6-8,10H,1-5,13H2,(H,14,15,16). The van der Waals surface area contributed by atoms with Gasteiger partial charge in [0.1, 0.15) is 0 Å². The molecule has 88 valence electrons. The third-order valence-corrected chi connectivity index (χ3v) is 3.62. The molecule has 1 aliphatic carbocycles. The van der Waals surface area contributed by atoms with E-state index < -0.39 is 0 Å². The number of rotatable bonds is 3. The van der Waals surface area contributed by atoms with Crippen molar-refractivity contribution in [2.75, 3.05) is 11.9 Å². The second-order valence-electron chi connectivity index (χ2n) is 4.39. The molecule has 1 saturated carbocycles. The summed E-state index contributed by atoms with van der Waals surface area (Å²) < 4.78 is 1.06. The average Bonchev–Trinajstić information content (AvgIpc) is 2.30. The van der Waals surface area contributed by atoms with E-state index in [0.29, 0.717) is 6.04 Å². The van der Waals surface area contributed by atoms with E-state index >= 15 is 0 Å². The number of anilines is 1. The summed E-state index contributed by atoms with van der Waals surface area (Å²) in [6, 6.07) is 0.422. The van der Waals surface area contributed by atoms with Gasteiger partial charge in [0.25, 0.3) is 0 Å².